The molecular weight excluding hydrogens is 180 g/mol. The Kier molecular flexibility index (Phi) is 2.15. The highest BCUT2D eigenvalue weighted by molar-refractivity contribution is 5.26. The van der Waals surface area contributed by atoms with E-state index in [1.807, 2.05) is 0 Å². The van der Waals surface area contributed by atoms with Crippen LogP contribution in [-0.4, -0.2) is 16.6 Å². The lowest BCUT2D eigenvalue weighted by Crippen LogP contribution is -2.36. The molecule has 2 rings (SSSR count). The van der Waals surface area contributed by atoms with Gasteiger partial charge in [-0.05, 0) is 24.3 Å². The van der Waals surface area contributed by atoms with Crippen molar-refractivity contribution < 1.29 is 9.52 Å². The number of rotatable bonds is 3. The van der Waals surface area contributed by atoms with Gasteiger partial charge in [0.15, 0.2) is 5.60 Å². The Bertz CT molecular complexity index is 344. The van der Waals surface area contributed by atoms with Gasteiger partial charge in [-0.25, -0.2) is 0 Å². The van der Waals surface area contributed by atoms with Crippen molar-refractivity contribution in [3.63, 3.8) is 0 Å². The maximum atomic E-state index is 10.3. The smallest absolute Gasteiger partial charge is 0.174 e. The number of aromatic nitrogens is 1. The molecule has 0 bridgehead atoms. The van der Waals surface area contributed by atoms with Gasteiger partial charge in [-0.15, -0.1) is 0 Å². The topological polar surface area (TPSA) is 75.2 Å². The molecule has 2 aromatic rings. The van der Waals surface area contributed by atoms with E-state index in [0.717, 1.165) is 0 Å². The Hall–Kier alpha value is -1.52. The zero-order chi connectivity index (χ0) is 10.0. The van der Waals surface area contributed by atoms with E-state index >= 15 is 0 Å². The van der Waals surface area contributed by atoms with Gasteiger partial charge in [0.2, 0.25) is 0 Å². The molecule has 0 radical (unpaired) electrons. The predicted molar refractivity (Wildman–Crippen MR) is 51.6 cm³/mol. The van der Waals surface area contributed by atoms with Crippen molar-refractivity contribution in [3.05, 3.63) is 48.2 Å². The first-order valence-corrected chi connectivity index (χ1v) is 4.37. The van der Waals surface area contributed by atoms with Gasteiger partial charge in [0.25, 0.3) is 0 Å². The maximum absolute atomic E-state index is 10.3. The van der Waals surface area contributed by atoms with Crippen molar-refractivity contribution in [2.24, 2.45) is 5.73 Å². The summed E-state index contributed by atoms with van der Waals surface area (Å²) in [6.45, 7) is 0.0705. The molecule has 0 aliphatic rings. The summed E-state index contributed by atoms with van der Waals surface area (Å²) in [6, 6.07) is 7.00. The average molecular weight is 192 g/mol. The van der Waals surface area contributed by atoms with Crippen LogP contribution in [0.2, 0.25) is 0 Å². The largest absolute Gasteiger partial charge is 0.466 e. The maximum Gasteiger partial charge on any atom is 0.174 e. The summed E-state index contributed by atoms with van der Waals surface area (Å²) in [6.07, 6.45) is 3.25. The highest BCUT2D eigenvalue weighted by Gasteiger charge is 2.33. The van der Waals surface area contributed by atoms with Crippen molar-refractivity contribution >= 4 is 0 Å². The van der Waals surface area contributed by atoms with Gasteiger partial charge < -0.3 is 20.2 Å². The minimum atomic E-state index is -1.26. The quantitative estimate of drug-likeness (QED) is 0.673. The second-order valence-electron chi connectivity index (χ2n) is 3.13. The number of aromatic amines is 1. The van der Waals surface area contributed by atoms with Gasteiger partial charge in [0, 0.05) is 12.7 Å². The van der Waals surface area contributed by atoms with Crippen molar-refractivity contribution in [1.82, 2.24) is 4.98 Å². The standard InChI is InChI=1S/C10H12N2O2/c11-7-10(13,8-3-1-5-12-8)9-4-2-6-14-9/h1-6,12-13H,7,11H2. The molecule has 0 aromatic carbocycles. The van der Waals surface area contributed by atoms with Crippen LogP contribution in [0.4, 0.5) is 0 Å². The molecule has 1 unspecified atom stereocenters. The Morgan fingerprint density at radius 2 is 2.29 bits per heavy atom. The minimum absolute atomic E-state index is 0.0705. The molecule has 0 fully saturated rings. The number of hydrogen-bond donors (Lipinski definition) is 3. The Morgan fingerprint density at radius 3 is 2.79 bits per heavy atom. The van der Waals surface area contributed by atoms with E-state index in [1.54, 1.807) is 30.5 Å². The van der Waals surface area contributed by atoms with E-state index in [2.05, 4.69) is 4.98 Å². The summed E-state index contributed by atoms with van der Waals surface area (Å²) >= 11 is 0. The SMILES string of the molecule is NCC(O)(c1ccc[nH]1)c1ccco1. The van der Waals surface area contributed by atoms with Crippen LogP contribution in [-0.2, 0) is 5.60 Å². The zero-order valence-corrected chi connectivity index (χ0v) is 7.60. The first-order chi connectivity index (χ1) is 6.77. The second-order valence-corrected chi connectivity index (χ2v) is 3.13. The molecule has 4 heteroatoms. The van der Waals surface area contributed by atoms with Gasteiger partial charge in [0.1, 0.15) is 5.76 Å². The van der Waals surface area contributed by atoms with Crippen molar-refractivity contribution in [2.75, 3.05) is 6.54 Å². The van der Waals surface area contributed by atoms with Crippen molar-refractivity contribution in [1.29, 1.82) is 0 Å². The third kappa shape index (κ3) is 1.25. The van der Waals surface area contributed by atoms with E-state index in [4.69, 9.17) is 10.2 Å². The molecule has 0 spiro atoms. The first-order valence-electron chi connectivity index (χ1n) is 4.37. The van der Waals surface area contributed by atoms with Crippen LogP contribution in [0, 0.1) is 0 Å². The molecule has 0 saturated carbocycles. The van der Waals surface area contributed by atoms with Gasteiger partial charge in [-0.2, -0.15) is 0 Å². The molecule has 0 amide bonds. The summed E-state index contributed by atoms with van der Waals surface area (Å²) in [5.41, 5.74) is 4.94. The molecule has 0 saturated heterocycles. The van der Waals surface area contributed by atoms with E-state index < -0.39 is 5.60 Å². The Balaban J connectivity index is 2.45. The Labute approximate surface area is 81.4 Å². The molecule has 74 valence electrons. The minimum Gasteiger partial charge on any atom is -0.466 e. The summed E-state index contributed by atoms with van der Waals surface area (Å²) < 4.78 is 5.16. The number of nitrogens with two attached hydrogens (primary N) is 1. The first kappa shape index (κ1) is 9.05. The Morgan fingerprint density at radius 1 is 1.43 bits per heavy atom. The summed E-state index contributed by atoms with van der Waals surface area (Å²) in [5, 5.41) is 10.3. The van der Waals surface area contributed by atoms with Crippen LogP contribution < -0.4 is 5.73 Å². The molecular formula is C10H12N2O2. The molecule has 0 aliphatic carbocycles. The molecule has 2 aromatic heterocycles. The summed E-state index contributed by atoms with van der Waals surface area (Å²) in [7, 11) is 0. The number of hydrogen-bond acceptors (Lipinski definition) is 3. The van der Waals surface area contributed by atoms with E-state index in [9.17, 15) is 5.11 Å². The van der Waals surface area contributed by atoms with Crippen LogP contribution >= 0.6 is 0 Å². The molecule has 4 nitrogen and oxygen atoms in total. The highest BCUT2D eigenvalue weighted by Crippen LogP contribution is 2.27. The summed E-state index contributed by atoms with van der Waals surface area (Å²) in [4.78, 5) is 2.93. The monoisotopic (exact) mass is 192 g/mol. The van der Waals surface area contributed by atoms with Gasteiger partial charge in [0.05, 0.1) is 12.0 Å². The lowest BCUT2D eigenvalue weighted by atomic mass is 9.97. The van der Waals surface area contributed by atoms with E-state index in [-0.39, 0.29) is 6.54 Å². The van der Waals surface area contributed by atoms with Crippen LogP contribution in [0.5, 0.6) is 0 Å². The average Bonchev–Trinajstić information content (AvgIpc) is 2.88. The van der Waals surface area contributed by atoms with Gasteiger partial charge in [-0.3, -0.25) is 0 Å². The van der Waals surface area contributed by atoms with E-state index in [0.29, 0.717) is 11.5 Å². The van der Waals surface area contributed by atoms with Gasteiger partial charge >= 0.3 is 0 Å². The van der Waals surface area contributed by atoms with Crippen LogP contribution in [0.1, 0.15) is 11.5 Å². The van der Waals surface area contributed by atoms with Crippen LogP contribution in [0.25, 0.3) is 0 Å². The van der Waals surface area contributed by atoms with Crippen LogP contribution in [0.15, 0.2) is 41.1 Å². The fourth-order valence-corrected chi connectivity index (χ4v) is 1.44. The molecule has 1 atom stereocenters. The van der Waals surface area contributed by atoms with Crippen LogP contribution in [0.3, 0.4) is 0 Å². The number of aliphatic hydroxyl groups is 1. The lowest BCUT2D eigenvalue weighted by molar-refractivity contribution is 0.0619. The number of furan rings is 1. The van der Waals surface area contributed by atoms with E-state index in [1.165, 1.54) is 6.26 Å². The molecule has 4 N–H and O–H groups in total. The molecule has 0 aliphatic heterocycles. The third-order valence-corrected chi connectivity index (χ3v) is 2.27. The predicted octanol–water partition coefficient (Wildman–Crippen LogP) is 0.802. The summed E-state index contributed by atoms with van der Waals surface area (Å²) in [5.74, 6) is 0.447. The van der Waals surface area contributed by atoms with Gasteiger partial charge in [-0.1, -0.05) is 0 Å². The lowest BCUT2D eigenvalue weighted by Gasteiger charge is -2.22. The van der Waals surface area contributed by atoms with Crippen molar-refractivity contribution in [2.45, 2.75) is 5.60 Å². The second kappa shape index (κ2) is 3.32. The highest BCUT2D eigenvalue weighted by atomic mass is 16.4. The van der Waals surface area contributed by atoms with Crippen molar-refractivity contribution in [3.8, 4) is 0 Å². The number of H-pyrrole nitrogens is 1. The normalized spacial score (nSPS) is 15.3. The zero-order valence-electron chi connectivity index (χ0n) is 7.60. The number of nitrogens with one attached hydrogen (secondary N) is 1. The fraction of sp³-hybridized carbons (Fsp3) is 0.200. The molecule has 2 heterocycles. The third-order valence-electron chi connectivity index (χ3n) is 2.27. The fourth-order valence-electron chi connectivity index (χ4n) is 1.44. The molecule has 14 heavy (non-hydrogen) atoms.